The lowest BCUT2D eigenvalue weighted by molar-refractivity contribution is -0.128. The van der Waals surface area contributed by atoms with E-state index < -0.39 is 15.5 Å². The molecular formula is C12H12FN3O3S. The first kappa shape index (κ1) is 13.0. The number of hydrogen-bond acceptors (Lipinski definition) is 4. The summed E-state index contributed by atoms with van der Waals surface area (Å²) in [5, 5.41) is -0.384. The van der Waals surface area contributed by atoms with Crippen LogP contribution in [-0.2, 0) is 21.6 Å². The number of nitrogens with one attached hydrogen (secondary N) is 1. The van der Waals surface area contributed by atoms with Crippen LogP contribution < -0.4 is 0 Å². The number of pyridine rings is 1. The van der Waals surface area contributed by atoms with Crippen molar-refractivity contribution in [3.8, 4) is 0 Å². The summed E-state index contributed by atoms with van der Waals surface area (Å²) in [5.74, 6) is -0.352. The number of aromatic nitrogens is 2. The number of halogens is 1. The minimum atomic E-state index is -4.67. The average Bonchev–Trinajstić information content (AvgIpc) is 2.95. The van der Waals surface area contributed by atoms with Crippen molar-refractivity contribution in [2.75, 3.05) is 6.54 Å². The van der Waals surface area contributed by atoms with Gasteiger partial charge in [-0.25, -0.2) is 4.98 Å². The number of nitrogens with zero attached hydrogens (tertiary/aromatic N) is 2. The van der Waals surface area contributed by atoms with Crippen LogP contribution >= 0.6 is 0 Å². The molecule has 106 valence electrons. The first-order chi connectivity index (χ1) is 9.45. The quantitative estimate of drug-likeness (QED) is 0.855. The summed E-state index contributed by atoms with van der Waals surface area (Å²) in [6.07, 6.45) is 3.08. The molecule has 0 bridgehead atoms. The number of hydrogen-bond donors (Lipinski definition) is 1. The van der Waals surface area contributed by atoms with E-state index in [1.54, 1.807) is 18.5 Å². The predicted molar refractivity (Wildman–Crippen MR) is 69.9 cm³/mol. The van der Waals surface area contributed by atoms with Crippen LogP contribution in [0.3, 0.4) is 0 Å². The number of rotatable bonds is 3. The maximum absolute atomic E-state index is 12.9. The number of fused-ring (bicyclic) bond motifs is 1. The van der Waals surface area contributed by atoms with Gasteiger partial charge in [-0.05, 0) is 17.7 Å². The summed E-state index contributed by atoms with van der Waals surface area (Å²) in [7, 11) is -4.67. The van der Waals surface area contributed by atoms with Crippen LogP contribution in [0.4, 0.5) is 3.89 Å². The molecule has 1 amide bonds. The van der Waals surface area contributed by atoms with Gasteiger partial charge in [0.25, 0.3) is 0 Å². The minimum absolute atomic E-state index is 0.107. The Morgan fingerprint density at radius 2 is 2.30 bits per heavy atom. The Morgan fingerprint density at radius 1 is 1.50 bits per heavy atom. The van der Waals surface area contributed by atoms with Gasteiger partial charge < -0.3 is 9.88 Å². The van der Waals surface area contributed by atoms with Crippen molar-refractivity contribution in [2.45, 2.75) is 18.2 Å². The van der Waals surface area contributed by atoms with Crippen molar-refractivity contribution in [3.05, 3.63) is 30.1 Å². The van der Waals surface area contributed by atoms with Gasteiger partial charge in [-0.3, -0.25) is 4.79 Å². The van der Waals surface area contributed by atoms with E-state index in [-0.39, 0.29) is 25.4 Å². The van der Waals surface area contributed by atoms with Gasteiger partial charge in [0.2, 0.25) is 5.91 Å². The third-order valence-corrected chi connectivity index (χ3v) is 4.59. The normalized spacial score (nSPS) is 19.9. The second kappa shape index (κ2) is 4.55. The molecule has 1 unspecified atom stereocenters. The molecule has 20 heavy (non-hydrogen) atoms. The average molecular weight is 297 g/mol. The van der Waals surface area contributed by atoms with Crippen LogP contribution in [0.25, 0.3) is 11.0 Å². The lowest BCUT2D eigenvalue weighted by atomic mass is 10.2. The molecule has 0 radical (unpaired) electrons. The van der Waals surface area contributed by atoms with Gasteiger partial charge in [0.1, 0.15) is 10.9 Å². The maximum Gasteiger partial charge on any atom is 0.307 e. The highest BCUT2D eigenvalue weighted by molar-refractivity contribution is 7.87. The number of carbonyl (C=O) groups excluding carboxylic acids is 1. The summed E-state index contributed by atoms with van der Waals surface area (Å²) in [6.45, 7) is 0.140. The highest BCUT2D eigenvalue weighted by atomic mass is 32.3. The summed E-state index contributed by atoms with van der Waals surface area (Å²) in [5.41, 5.74) is 1.53. The summed E-state index contributed by atoms with van der Waals surface area (Å²) in [6, 6.07) is 3.64. The van der Waals surface area contributed by atoms with Crippen molar-refractivity contribution in [3.63, 3.8) is 0 Å². The second-order valence-electron chi connectivity index (χ2n) is 4.79. The van der Waals surface area contributed by atoms with Crippen LogP contribution in [0.2, 0.25) is 0 Å². The largest absolute Gasteiger partial charge is 0.346 e. The number of aromatic amines is 1. The SMILES string of the molecule is O=C1CC(S(=O)(=O)F)CN1Cc1c[nH]c2ncccc12. The Balaban J connectivity index is 1.83. The zero-order chi connectivity index (χ0) is 14.3. The Labute approximate surface area is 114 Å². The van der Waals surface area contributed by atoms with Gasteiger partial charge in [-0.2, -0.15) is 8.42 Å². The Bertz CT molecular complexity index is 771. The Kier molecular flexibility index (Phi) is 2.97. The molecule has 2 aromatic heterocycles. The summed E-state index contributed by atoms with van der Waals surface area (Å²) >= 11 is 0. The Morgan fingerprint density at radius 3 is 3.00 bits per heavy atom. The fourth-order valence-electron chi connectivity index (χ4n) is 2.43. The lowest BCUT2D eigenvalue weighted by Crippen LogP contribution is -2.26. The molecule has 2 aromatic rings. The highest BCUT2D eigenvalue weighted by Gasteiger charge is 2.38. The fraction of sp³-hybridized carbons (Fsp3) is 0.333. The molecule has 0 aromatic carbocycles. The van der Waals surface area contributed by atoms with Crippen molar-refractivity contribution in [1.29, 1.82) is 0 Å². The van der Waals surface area contributed by atoms with E-state index in [9.17, 15) is 17.1 Å². The van der Waals surface area contributed by atoms with Crippen LogP contribution in [0, 0.1) is 0 Å². The third kappa shape index (κ3) is 2.26. The molecule has 1 aliphatic rings. The van der Waals surface area contributed by atoms with E-state index in [2.05, 4.69) is 9.97 Å². The van der Waals surface area contributed by atoms with E-state index in [4.69, 9.17) is 0 Å². The maximum atomic E-state index is 12.9. The van der Waals surface area contributed by atoms with Gasteiger partial charge in [-0.15, -0.1) is 3.89 Å². The molecule has 3 rings (SSSR count). The van der Waals surface area contributed by atoms with Gasteiger partial charge in [0, 0.05) is 37.3 Å². The van der Waals surface area contributed by atoms with Crippen LogP contribution in [0.1, 0.15) is 12.0 Å². The molecule has 1 N–H and O–H groups in total. The molecule has 0 aliphatic carbocycles. The molecule has 3 heterocycles. The van der Waals surface area contributed by atoms with Crippen molar-refractivity contribution >= 4 is 27.2 Å². The van der Waals surface area contributed by atoms with Crippen molar-refractivity contribution in [1.82, 2.24) is 14.9 Å². The monoisotopic (exact) mass is 297 g/mol. The van der Waals surface area contributed by atoms with E-state index in [0.29, 0.717) is 5.65 Å². The molecule has 0 saturated carbocycles. The van der Waals surface area contributed by atoms with Crippen LogP contribution in [-0.4, -0.2) is 41.0 Å². The van der Waals surface area contributed by atoms with Gasteiger partial charge in [0.15, 0.2) is 0 Å². The van der Waals surface area contributed by atoms with E-state index in [1.807, 2.05) is 6.07 Å². The lowest BCUT2D eigenvalue weighted by Gasteiger charge is -2.15. The van der Waals surface area contributed by atoms with Crippen molar-refractivity contribution in [2.24, 2.45) is 0 Å². The molecule has 0 spiro atoms. The second-order valence-corrected chi connectivity index (χ2v) is 6.41. The molecule has 1 fully saturated rings. The standard InChI is InChI=1S/C12H12FN3O3S/c13-20(18,19)9-4-11(17)16(7-9)6-8-5-15-12-10(8)2-1-3-14-12/h1-3,5,9H,4,6-7H2,(H,14,15). The molecule has 8 heteroatoms. The predicted octanol–water partition coefficient (Wildman–Crippen LogP) is 0.963. The Hall–Kier alpha value is -1.96. The van der Waals surface area contributed by atoms with E-state index >= 15 is 0 Å². The van der Waals surface area contributed by atoms with Gasteiger partial charge in [-0.1, -0.05) is 0 Å². The fourth-order valence-corrected chi connectivity index (χ4v) is 3.13. The zero-order valence-corrected chi connectivity index (χ0v) is 11.2. The summed E-state index contributed by atoms with van der Waals surface area (Å²) < 4.78 is 34.7. The first-order valence-corrected chi connectivity index (χ1v) is 7.52. The third-order valence-electron chi connectivity index (χ3n) is 3.48. The van der Waals surface area contributed by atoms with Crippen LogP contribution in [0.5, 0.6) is 0 Å². The molecular weight excluding hydrogens is 285 g/mol. The van der Waals surface area contributed by atoms with Gasteiger partial charge >= 0.3 is 10.2 Å². The van der Waals surface area contributed by atoms with E-state index in [0.717, 1.165) is 10.9 Å². The number of carbonyl (C=O) groups is 1. The number of amides is 1. The molecule has 1 saturated heterocycles. The number of H-pyrrole nitrogens is 1. The summed E-state index contributed by atoms with van der Waals surface area (Å²) in [4.78, 5) is 20.2. The highest BCUT2D eigenvalue weighted by Crippen LogP contribution is 2.24. The molecule has 1 atom stereocenters. The van der Waals surface area contributed by atoms with Crippen molar-refractivity contribution < 1.29 is 17.1 Å². The molecule has 6 nitrogen and oxygen atoms in total. The topological polar surface area (TPSA) is 83.1 Å². The smallest absolute Gasteiger partial charge is 0.307 e. The van der Waals surface area contributed by atoms with E-state index in [1.165, 1.54) is 4.90 Å². The van der Waals surface area contributed by atoms with Crippen LogP contribution in [0.15, 0.2) is 24.5 Å². The number of likely N-dealkylation sites (tertiary alicyclic amines) is 1. The van der Waals surface area contributed by atoms with Gasteiger partial charge in [0.05, 0.1) is 0 Å². The first-order valence-electron chi connectivity index (χ1n) is 6.07. The molecule has 1 aliphatic heterocycles. The minimum Gasteiger partial charge on any atom is -0.346 e. The zero-order valence-electron chi connectivity index (χ0n) is 10.4.